The molecule has 130 valence electrons. The molecule has 1 aliphatic heterocycles. The van der Waals surface area contributed by atoms with Crippen LogP contribution in [0.1, 0.15) is 18.7 Å². The van der Waals surface area contributed by atoms with Crippen molar-refractivity contribution in [1.29, 1.82) is 0 Å². The van der Waals surface area contributed by atoms with Crippen molar-refractivity contribution in [3.8, 4) is 11.5 Å². The van der Waals surface area contributed by atoms with Gasteiger partial charge in [0.25, 0.3) is 10.2 Å². The molecule has 3 rings (SSSR count). The van der Waals surface area contributed by atoms with Gasteiger partial charge in [-0.1, -0.05) is 5.16 Å². The first-order valence-corrected chi connectivity index (χ1v) is 9.13. The van der Waals surface area contributed by atoms with Crippen molar-refractivity contribution in [2.75, 3.05) is 27.2 Å². The van der Waals surface area contributed by atoms with E-state index in [4.69, 9.17) is 4.52 Å². The van der Waals surface area contributed by atoms with Crippen LogP contribution in [0.2, 0.25) is 0 Å². The molecule has 0 saturated carbocycles. The average Bonchev–Trinajstić information content (AvgIpc) is 3.04. The third-order valence-corrected chi connectivity index (χ3v) is 5.90. The molecule has 1 unspecified atom stereocenters. The summed E-state index contributed by atoms with van der Waals surface area (Å²) in [7, 11) is -0.290. The fourth-order valence-electron chi connectivity index (χ4n) is 2.74. The Bertz CT molecular complexity index is 777. The van der Waals surface area contributed by atoms with Gasteiger partial charge in [-0.05, 0) is 18.8 Å². The van der Waals surface area contributed by atoms with E-state index in [2.05, 4.69) is 20.1 Å². The molecule has 24 heavy (non-hydrogen) atoms. The van der Waals surface area contributed by atoms with Crippen molar-refractivity contribution in [1.82, 2.24) is 28.7 Å². The molecule has 2 aromatic rings. The topological polar surface area (TPSA) is 105 Å². The molecule has 0 bridgehead atoms. The van der Waals surface area contributed by atoms with E-state index >= 15 is 0 Å². The highest BCUT2D eigenvalue weighted by atomic mass is 32.2. The van der Waals surface area contributed by atoms with Gasteiger partial charge in [0.05, 0.1) is 6.20 Å². The van der Waals surface area contributed by atoms with E-state index < -0.39 is 10.2 Å². The Balaban J connectivity index is 1.67. The van der Waals surface area contributed by atoms with Crippen LogP contribution in [0.4, 0.5) is 0 Å². The van der Waals surface area contributed by atoms with E-state index in [9.17, 15) is 8.42 Å². The van der Waals surface area contributed by atoms with Crippen LogP contribution >= 0.6 is 0 Å². The first kappa shape index (κ1) is 16.9. The first-order valence-electron chi connectivity index (χ1n) is 7.73. The summed E-state index contributed by atoms with van der Waals surface area (Å²) in [5, 5.41) is 3.92. The van der Waals surface area contributed by atoms with E-state index in [1.165, 1.54) is 8.61 Å². The highest BCUT2D eigenvalue weighted by Gasteiger charge is 2.31. The van der Waals surface area contributed by atoms with Gasteiger partial charge < -0.3 is 4.52 Å². The zero-order chi connectivity index (χ0) is 17.2. The number of hydrogen-bond donors (Lipinski definition) is 0. The molecular formula is C14H20N6O3S. The molecule has 10 heteroatoms. The molecule has 9 nitrogen and oxygen atoms in total. The predicted octanol–water partition coefficient (Wildman–Crippen LogP) is 0.587. The lowest BCUT2D eigenvalue weighted by atomic mass is 9.96. The van der Waals surface area contributed by atoms with E-state index in [0.29, 0.717) is 36.9 Å². The highest BCUT2D eigenvalue weighted by molar-refractivity contribution is 7.86. The van der Waals surface area contributed by atoms with Crippen molar-refractivity contribution >= 4 is 10.2 Å². The van der Waals surface area contributed by atoms with Gasteiger partial charge in [0.2, 0.25) is 11.7 Å². The van der Waals surface area contributed by atoms with Crippen molar-refractivity contribution in [2.24, 2.45) is 5.92 Å². The van der Waals surface area contributed by atoms with Gasteiger partial charge in [-0.3, -0.25) is 4.98 Å². The molecule has 0 spiro atoms. The summed E-state index contributed by atoms with van der Waals surface area (Å²) in [4.78, 5) is 12.4. The molecule has 0 radical (unpaired) electrons. The van der Waals surface area contributed by atoms with Crippen LogP contribution in [0.5, 0.6) is 0 Å². The van der Waals surface area contributed by atoms with Gasteiger partial charge in [0.1, 0.15) is 5.69 Å². The minimum absolute atomic E-state index is 0.156. The molecule has 0 N–H and O–H groups in total. The number of aromatic nitrogens is 4. The molecule has 1 fully saturated rings. The lowest BCUT2D eigenvalue weighted by molar-refractivity contribution is 0.238. The largest absolute Gasteiger partial charge is 0.339 e. The zero-order valence-corrected chi connectivity index (χ0v) is 14.5. The van der Waals surface area contributed by atoms with Gasteiger partial charge in [-0.2, -0.15) is 22.0 Å². The van der Waals surface area contributed by atoms with Gasteiger partial charge >= 0.3 is 0 Å². The minimum atomic E-state index is -3.38. The molecule has 2 aromatic heterocycles. The second-order valence-electron chi connectivity index (χ2n) is 5.96. The Morgan fingerprint density at radius 2 is 2.21 bits per heavy atom. The molecule has 1 aliphatic rings. The van der Waals surface area contributed by atoms with Gasteiger partial charge in [-0.25, -0.2) is 4.98 Å². The maximum atomic E-state index is 12.3. The molecule has 3 heterocycles. The standard InChI is InChI=1S/C14H20N6O3S/c1-19(2)24(21,22)20-7-3-4-11(10-20)8-13-17-14(18-23-13)12-9-15-5-6-16-12/h5-6,9,11H,3-4,7-8,10H2,1-2H3. The van der Waals surface area contributed by atoms with E-state index in [0.717, 1.165) is 12.8 Å². The highest BCUT2D eigenvalue weighted by Crippen LogP contribution is 2.23. The van der Waals surface area contributed by atoms with Crippen LogP contribution in [-0.2, 0) is 16.6 Å². The maximum Gasteiger partial charge on any atom is 0.281 e. The molecule has 0 aliphatic carbocycles. The number of rotatable bonds is 5. The summed E-state index contributed by atoms with van der Waals surface area (Å²) in [6.45, 7) is 1.01. The van der Waals surface area contributed by atoms with Crippen LogP contribution < -0.4 is 0 Å². The monoisotopic (exact) mass is 352 g/mol. The van der Waals surface area contributed by atoms with E-state index in [-0.39, 0.29) is 5.92 Å². The number of nitrogens with zero attached hydrogens (tertiary/aromatic N) is 6. The summed E-state index contributed by atoms with van der Waals surface area (Å²) < 4.78 is 32.6. The van der Waals surface area contributed by atoms with Gasteiger partial charge in [0.15, 0.2) is 0 Å². The third-order valence-electron chi connectivity index (χ3n) is 3.99. The lowest BCUT2D eigenvalue weighted by Crippen LogP contribution is -2.45. The summed E-state index contributed by atoms with van der Waals surface area (Å²) in [6, 6.07) is 0. The Morgan fingerprint density at radius 3 is 2.92 bits per heavy atom. The van der Waals surface area contributed by atoms with Crippen LogP contribution in [-0.4, -0.2) is 64.3 Å². The maximum absolute atomic E-state index is 12.3. The lowest BCUT2D eigenvalue weighted by Gasteiger charge is -2.32. The Labute approximate surface area is 140 Å². The Hall–Kier alpha value is -1.91. The summed E-state index contributed by atoms with van der Waals surface area (Å²) in [5.74, 6) is 1.04. The van der Waals surface area contributed by atoms with Crippen molar-refractivity contribution in [3.63, 3.8) is 0 Å². The van der Waals surface area contributed by atoms with Crippen molar-refractivity contribution in [2.45, 2.75) is 19.3 Å². The number of piperidine rings is 1. The first-order chi connectivity index (χ1) is 11.5. The van der Waals surface area contributed by atoms with Crippen LogP contribution in [0.3, 0.4) is 0 Å². The smallest absolute Gasteiger partial charge is 0.281 e. The summed E-state index contributed by atoms with van der Waals surface area (Å²) >= 11 is 0. The number of hydrogen-bond acceptors (Lipinski definition) is 7. The normalized spacial score (nSPS) is 19.7. The minimum Gasteiger partial charge on any atom is -0.339 e. The van der Waals surface area contributed by atoms with Crippen LogP contribution in [0, 0.1) is 5.92 Å². The molecular weight excluding hydrogens is 332 g/mol. The summed E-state index contributed by atoms with van der Waals surface area (Å²) in [5.41, 5.74) is 0.549. The van der Waals surface area contributed by atoms with Crippen molar-refractivity contribution < 1.29 is 12.9 Å². The van der Waals surface area contributed by atoms with Crippen molar-refractivity contribution in [3.05, 3.63) is 24.5 Å². The van der Waals surface area contributed by atoms with Crippen LogP contribution in [0.25, 0.3) is 11.5 Å². The van der Waals surface area contributed by atoms with Gasteiger partial charge in [-0.15, -0.1) is 0 Å². The molecule has 0 amide bonds. The molecule has 1 saturated heterocycles. The molecule has 1 atom stereocenters. The Kier molecular flexibility index (Phi) is 4.88. The fourth-order valence-corrected chi connectivity index (χ4v) is 3.96. The van der Waals surface area contributed by atoms with E-state index in [1.54, 1.807) is 32.7 Å². The average molecular weight is 352 g/mol. The zero-order valence-electron chi connectivity index (χ0n) is 13.7. The predicted molar refractivity (Wildman–Crippen MR) is 85.9 cm³/mol. The van der Waals surface area contributed by atoms with Gasteiger partial charge in [0, 0.05) is 46.0 Å². The second kappa shape index (κ2) is 6.91. The SMILES string of the molecule is CN(C)S(=O)(=O)N1CCCC(Cc2nc(-c3cnccn3)no2)C1. The molecule has 0 aromatic carbocycles. The summed E-state index contributed by atoms with van der Waals surface area (Å²) in [6.07, 6.45) is 7.02. The Morgan fingerprint density at radius 1 is 1.38 bits per heavy atom. The third kappa shape index (κ3) is 3.60. The fraction of sp³-hybridized carbons (Fsp3) is 0.571. The quantitative estimate of drug-likeness (QED) is 0.775. The second-order valence-corrected chi connectivity index (χ2v) is 8.11. The van der Waals surface area contributed by atoms with Crippen LogP contribution in [0.15, 0.2) is 23.1 Å². The van der Waals surface area contributed by atoms with E-state index in [1.807, 2.05) is 0 Å².